The number of rotatable bonds is 6. The summed E-state index contributed by atoms with van der Waals surface area (Å²) in [5.74, 6) is 0. The molecule has 1 aliphatic carbocycles. The lowest BCUT2D eigenvalue weighted by Gasteiger charge is -2.28. The predicted molar refractivity (Wildman–Crippen MR) is 225 cm³/mol. The van der Waals surface area contributed by atoms with Gasteiger partial charge in [-0.1, -0.05) is 115 Å². The summed E-state index contributed by atoms with van der Waals surface area (Å²) in [6, 6.07) is 50.7. The van der Waals surface area contributed by atoms with Gasteiger partial charge < -0.3 is 4.90 Å². The maximum Gasteiger partial charge on any atom is 0.416 e. The summed E-state index contributed by atoms with van der Waals surface area (Å²) in [5.41, 5.74) is 11.1. The van der Waals surface area contributed by atoms with Crippen LogP contribution < -0.4 is 4.90 Å². The quantitative estimate of drug-likeness (QED) is 0.155. The Hall–Kier alpha value is -6.39. The molecular weight excluding hydrogens is 684 g/mol. The number of alkyl halides is 3. The first kappa shape index (κ1) is 34.4. The highest BCUT2D eigenvalue weighted by atomic mass is 19.4. The molecule has 0 bridgehead atoms. The molecule has 55 heavy (non-hydrogen) atoms. The van der Waals surface area contributed by atoms with Crippen LogP contribution in [0.2, 0.25) is 0 Å². The Balaban J connectivity index is 1.42. The molecule has 9 rings (SSSR count). The summed E-state index contributed by atoms with van der Waals surface area (Å²) >= 11 is 0. The fourth-order valence-electron chi connectivity index (χ4n) is 8.44. The fourth-order valence-corrected chi connectivity index (χ4v) is 8.44. The minimum atomic E-state index is -4.43. The van der Waals surface area contributed by atoms with Crippen LogP contribution >= 0.6 is 0 Å². The van der Waals surface area contributed by atoms with Crippen LogP contribution in [0, 0.1) is 13.8 Å². The van der Waals surface area contributed by atoms with Gasteiger partial charge in [0.25, 0.3) is 0 Å². The van der Waals surface area contributed by atoms with E-state index in [2.05, 4.69) is 151 Å². The van der Waals surface area contributed by atoms with Crippen LogP contribution in [0.15, 0.2) is 170 Å². The highest BCUT2D eigenvalue weighted by Gasteiger charge is 2.30. The third kappa shape index (κ3) is 6.28. The van der Waals surface area contributed by atoms with Crippen LogP contribution in [0.5, 0.6) is 0 Å². The minimum absolute atomic E-state index is 0.653. The molecule has 8 aromatic rings. The van der Waals surface area contributed by atoms with Gasteiger partial charge in [0, 0.05) is 17.1 Å². The topological polar surface area (TPSA) is 3.24 Å². The standard InChI is InChI=1S/C51H38F3N/c1-33-28-34(2)30-41(29-33)55(39-24-22-38(23-25-39)51(52,53)54)40-26-27-44-47(31-40)42-20-12-13-21-43(42)49-46(36-16-8-4-9-17-36)32-45(35-14-6-3-7-15-35)48(50(44)49)37-18-10-5-11-19-37/h3-10,12-18,20-32H,11,19H2,1-2H3. The molecule has 0 amide bonds. The maximum atomic E-state index is 13.7. The molecule has 1 aliphatic rings. The van der Waals surface area contributed by atoms with Gasteiger partial charge >= 0.3 is 6.18 Å². The zero-order chi connectivity index (χ0) is 37.7. The van der Waals surface area contributed by atoms with Crippen molar-refractivity contribution in [3.8, 4) is 22.3 Å². The smallest absolute Gasteiger partial charge is 0.310 e. The number of hydrogen-bond donors (Lipinski definition) is 0. The molecule has 0 fully saturated rings. The van der Waals surface area contributed by atoms with Gasteiger partial charge in [-0.15, -0.1) is 0 Å². The van der Waals surface area contributed by atoms with E-state index in [0.29, 0.717) is 5.69 Å². The van der Waals surface area contributed by atoms with Gasteiger partial charge in [0.05, 0.1) is 5.56 Å². The minimum Gasteiger partial charge on any atom is -0.310 e. The van der Waals surface area contributed by atoms with Gasteiger partial charge in [0.2, 0.25) is 0 Å². The summed E-state index contributed by atoms with van der Waals surface area (Å²) in [6.07, 6.45) is 4.15. The number of benzene rings is 8. The van der Waals surface area contributed by atoms with Crippen molar-refractivity contribution in [2.75, 3.05) is 4.90 Å². The predicted octanol–water partition coefficient (Wildman–Crippen LogP) is 15.3. The molecule has 0 atom stereocenters. The maximum absolute atomic E-state index is 13.7. The Morgan fingerprint density at radius 3 is 1.75 bits per heavy atom. The molecule has 0 spiro atoms. The van der Waals surface area contributed by atoms with E-state index in [-0.39, 0.29) is 0 Å². The molecule has 0 saturated carbocycles. The number of anilines is 3. The lowest BCUT2D eigenvalue weighted by atomic mass is 9.80. The van der Waals surface area contributed by atoms with Gasteiger partial charge in [0.1, 0.15) is 0 Å². The van der Waals surface area contributed by atoms with Gasteiger partial charge in [-0.3, -0.25) is 0 Å². The molecular formula is C51H38F3N. The van der Waals surface area contributed by atoms with Crippen molar-refractivity contribution in [1.82, 2.24) is 0 Å². The molecule has 0 N–H and O–H groups in total. The van der Waals surface area contributed by atoms with E-state index < -0.39 is 11.7 Å². The molecule has 4 heteroatoms. The summed E-state index contributed by atoms with van der Waals surface area (Å²) in [6.45, 7) is 4.10. The average molecular weight is 722 g/mol. The van der Waals surface area contributed by atoms with Gasteiger partial charge in [-0.05, 0) is 158 Å². The Bertz CT molecular complexity index is 2770. The zero-order valence-corrected chi connectivity index (χ0v) is 30.7. The number of nitrogens with zero attached hydrogens (tertiary/aromatic N) is 1. The number of hydrogen-bond acceptors (Lipinski definition) is 1. The summed E-state index contributed by atoms with van der Waals surface area (Å²) in [4.78, 5) is 2.07. The van der Waals surface area contributed by atoms with Crippen molar-refractivity contribution in [2.24, 2.45) is 0 Å². The molecule has 0 aliphatic heterocycles. The fraction of sp³-hybridized carbons (Fsp3) is 0.0980. The van der Waals surface area contributed by atoms with Crippen LogP contribution in [0.1, 0.15) is 35.1 Å². The van der Waals surface area contributed by atoms with Gasteiger partial charge in [-0.2, -0.15) is 13.2 Å². The van der Waals surface area contributed by atoms with Crippen LogP contribution in [0.3, 0.4) is 0 Å². The van der Waals surface area contributed by atoms with E-state index in [1.54, 1.807) is 12.1 Å². The largest absolute Gasteiger partial charge is 0.416 e. The number of halogens is 3. The van der Waals surface area contributed by atoms with Crippen molar-refractivity contribution in [2.45, 2.75) is 32.9 Å². The lowest BCUT2D eigenvalue weighted by molar-refractivity contribution is -0.137. The summed E-state index contributed by atoms with van der Waals surface area (Å²) < 4.78 is 41.2. The zero-order valence-electron chi connectivity index (χ0n) is 30.7. The molecule has 0 aromatic heterocycles. The second kappa shape index (κ2) is 13.8. The molecule has 268 valence electrons. The van der Waals surface area contributed by atoms with E-state index in [9.17, 15) is 13.2 Å². The second-order valence-corrected chi connectivity index (χ2v) is 14.5. The highest BCUT2D eigenvalue weighted by molar-refractivity contribution is 6.32. The van der Waals surface area contributed by atoms with E-state index in [0.717, 1.165) is 68.0 Å². The Morgan fingerprint density at radius 1 is 0.509 bits per heavy atom. The normalized spacial score (nSPS) is 13.1. The molecule has 0 unspecified atom stereocenters. The molecule has 1 nitrogen and oxygen atoms in total. The van der Waals surface area contributed by atoms with Crippen LogP contribution in [-0.4, -0.2) is 0 Å². The SMILES string of the molecule is Cc1cc(C)cc(N(c2ccc(C(F)(F)F)cc2)c2ccc3c(c2)c2ccccc2c2c(-c4ccccc4)cc(-c4ccccc4)c(C4=CC=CCC4)c32)c1. The summed E-state index contributed by atoms with van der Waals surface area (Å²) in [7, 11) is 0. The van der Waals surface area contributed by atoms with Crippen molar-refractivity contribution >= 4 is 55.0 Å². The van der Waals surface area contributed by atoms with Gasteiger partial charge in [-0.25, -0.2) is 0 Å². The van der Waals surface area contributed by atoms with E-state index in [1.165, 1.54) is 45.2 Å². The summed E-state index contributed by atoms with van der Waals surface area (Å²) in [5, 5.41) is 6.90. The monoisotopic (exact) mass is 721 g/mol. The first-order valence-corrected chi connectivity index (χ1v) is 18.7. The number of fused-ring (bicyclic) bond motifs is 6. The van der Waals surface area contributed by atoms with Crippen molar-refractivity contribution in [1.29, 1.82) is 0 Å². The highest BCUT2D eigenvalue weighted by Crippen LogP contribution is 2.50. The lowest BCUT2D eigenvalue weighted by Crippen LogP contribution is -2.11. The Kier molecular flexibility index (Phi) is 8.62. The van der Waals surface area contributed by atoms with Crippen LogP contribution in [0.25, 0.3) is 60.1 Å². The first-order valence-electron chi connectivity index (χ1n) is 18.7. The van der Waals surface area contributed by atoms with Crippen LogP contribution in [0.4, 0.5) is 30.2 Å². The van der Waals surface area contributed by atoms with Crippen molar-refractivity contribution in [3.05, 3.63) is 192 Å². The van der Waals surface area contributed by atoms with E-state index in [4.69, 9.17) is 0 Å². The molecule has 0 heterocycles. The third-order valence-electron chi connectivity index (χ3n) is 10.8. The van der Waals surface area contributed by atoms with Gasteiger partial charge in [0.15, 0.2) is 0 Å². The van der Waals surface area contributed by atoms with Crippen LogP contribution in [-0.2, 0) is 6.18 Å². The van der Waals surface area contributed by atoms with E-state index in [1.807, 2.05) is 13.8 Å². The average Bonchev–Trinajstić information content (AvgIpc) is 3.21. The first-order chi connectivity index (χ1) is 26.7. The molecule has 0 radical (unpaired) electrons. The Morgan fingerprint density at radius 2 is 1.11 bits per heavy atom. The van der Waals surface area contributed by atoms with E-state index >= 15 is 0 Å². The molecule has 0 saturated heterocycles. The second-order valence-electron chi connectivity index (χ2n) is 14.5. The number of aryl methyl sites for hydroxylation is 2. The molecule has 8 aromatic carbocycles. The Labute approximate surface area is 319 Å². The third-order valence-corrected chi connectivity index (χ3v) is 10.8. The number of allylic oxidation sites excluding steroid dienone is 4. The van der Waals surface area contributed by atoms with Crippen molar-refractivity contribution < 1.29 is 13.2 Å². The van der Waals surface area contributed by atoms with Crippen molar-refractivity contribution in [3.63, 3.8) is 0 Å².